The van der Waals surface area contributed by atoms with Gasteiger partial charge >= 0.3 is 17.4 Å². The number of quaternary nitrogens is 1. The number of amides is 3. The Balaban J connectivity index is 2.01. The van der Waals surface area contributed by atoms with E-state index in [-0.39, 0.29) is 28.5 Å². The van der Waals surface area contributed by atoms with Crippen LogP contribution in [0.25, 0.3) is 0 Å². The van der Waals surface area contributed by atoms with Crippen LogP contribution in [0.3, 0.4) is 0 Å². The van der Waals surface area contributed by atoms with Gasteiger partial charge in [-0.15, -0.1) is 4.48 Å². The van der Waals surface area contributed by atoms with Gasteiger partial charge in [0.05, 0.1) is 0 Å². The van der Waals surface area contributed by atoms with Gasteiger partial charge in [0, 0.05) is 40.9 Å². The number of thioether (sulfide) groups is 1. The summed E-state index contributed by atoms with van der Waals surface area (Å²) in [5.41, 5.74) is -5.75. The molecule has 1 saturated heterocycles. The van der Waals surface area contributed by atoms with Crippen LogP contribution in [0.15, 0.2) is 53.7 Å². The van der Waals surface area contributed by atoms with Crippen molar-refractivity contribution in [2.24, 2.45) is 5.92 Å². The summed E-state index contributed by atoms with van der Waals surface area (Å²) < 4.78 is 38.2. The van der Waals surface area contributed by atoms with E-state index < -0.39 is 27.2 Å². The minimum absolute atomic E-state index is 0.0117. The second-order valence-corrected chi connectivity index (χ2v) is 10.8. The molecule has 2 fully saturated rings. The van der Waals surface area contributed by atoms with Crippen molar-refractivity contribution in [2.75, 3.05) is 7.05 Å². The third-order valence-corrected chi connectivity index (χ3v) is 7.99. The van der Waals surface area contributed by atoms with Crippen molar-refractivity contribution in [1.29, 1.82) is 0 Å². The van der Waals surface area contributed by atoms with Crippen LogP contribution in [0, 0.1) is 5.92 Å². The molecule has 188 valence electrons. The van der Waals surface area contributed by atoms with Crippen molar-refractivity contribution in [1.82, 2.24) is 20.1 Å². The molecule has 3 amide bonds. The highest BCUT2D eigenvalue weighted by Gasteiger charge is 2.73. The van der Waals surface area contributed by atoms with E-state index in [0.29, 0.717) is 5.69 Å². The molecule has 0 spiro atoms. The summed E-state index contributed by atoms with van der Waals surface area (Å²) in [6.45, 7) is 3.32. The number of hydrogen-bond acceptors (Lipinski definition) is 5. The van der Waals surface area contributed by atoms with Crippen molar-refractivity contribution in [3.63, 3.8) is 0 Å². The second kappa shape index (κ2) is 9.22. The lowest BCUT2D eigenvalue weighted by Gasteiger charge is -2.51. The van der Waals surface area contributed by atoms with Gasteiger partial charge in [-0.25, -0.2) is 9.59 Å². The standard InChI is InChI=1S/C25H29F3N4O2S/c1-23(2)21(33)32(22(34)31-23,19-9-11-20(12-10-19)35-25(26,27)28)24(29-3,17-7-5-4-6-8-17)18-13-15-30-16-14-18/h9-17,29H,4-8H2,1-3H3/p+1. The van der Waals surface area contributed by atoms with Crippen LogP contribution in [-0.4, -0.2) is 35.0 Å². The quantitative estimate of drug-likeness (QED) is 0.299. The Bertz CT molecular complexity index is 1090. The summed E-state index contributed by atoms with van der Waals surface area (Å²) in [5.74, 6) is -0.452. The minimum Gasteiger partial charge on any atom is -0.286 e. The molecular formula is C25H30F3N4O2S+. The Morgan fingerprint density at radius 2 is 1.63 bits per heavy atom. The van der Waals surface area contributed by atoms with Crippen molar-refractivity contribution < 1.29 is 22.8 Å². The van der Waals surface area contributed by atoms with Crippen LogP contribution in [0.5, 0.6) is 0 Å². The summed E-state index contributed by atoms with van der Waals surface area (Å²) in [5, 5.41) is 6.29. The maximum Gasteiger partial charge on any atom is 0.446 e. The molecule has 2 N–H and O–H groups in total. The van der Waals surface area contributed by atoms with Gasteiger partial charge in [-0.2, -0.15) is 13.2 Å². The van der Waals surface area contributed by atoms with Crippen molar-refractivity contribution >= 4 is 29.4 Å². The number of hydrogen-bond donors (Lipinski definition) is 2. The molecule has 35 heavy (non-hydrogen) atoms. The Morgan fingerprint density at radius 3 is 2.11 bits per heavy atom. The highest BCUT2D eigenvalue weighted by molar-refractivity contribution is 8.00. The van der Waals surface area contributed by atoms with Gasteiger partial charge in [-0.05, 0) is 69.8 Å². The molecule has 1 aliphatic carbocycles. The summed E-state index contributed by atoms with van der Waals surface area (Å²) in [6, 6.07) is 8.72. The lowest BCUT2D eigenvalue weighted by atomic mass is 9.73. The number of imide groups is 1. The largest absolute Gasteiger partial charge is 0.446 e. The summed E-state index contributed by atoms with van der Waals surface area (Å²) >= 11 is -0.226. The number of alkyl halides is 3. The van der Waals surface area contributed by atoms with Gasteiger partial charge in [0.15, 0.2) is 11.2 Å². The molecule has 4 rings (SSSR count). The molecule has 0 radical (unpaired) electrons. The van der Waals surface area contributed by atoms with Gasteiger partial charge in [0.1, 0.15) is 0 Å². The summed E-state index contributed by atoms with van der Waals surface area (Å²) in [6.07, 6.45) is 7.85. The second-order valence-electron chi connectivity index (χ2n) is 9.66. The summed E-state index contributed by atoms with van der Waals surface area (Å²) in [4.78, 5) is 32.5. The first-order valence-electron chi connectivity index (χ1n) is 11.7. The number of urea groups is 1. The van der Waals surface area contributed by atoms with E-state index >= 15 is 0 Å². The van der Waals surface area contributed by atoms with E-state index in [1.54, 1.807) is 33.3 Å². The molecule has 2 unspecified atom stereocenters. The van der Waals surface area contributed by atoms with Gasteiger partial charge in [-0.1, -0.05) is 19.3 Å². The first-order valence-corrected chi connectivity index (χ1v) is 12.5. The molecule has 1 aromatic carbocycles. The lowest BCUT2D eigenvalue weighted by Crippen LogP contribution is -2.76. The fraction of sp³-hybridized carbons (Fsp3) is 0.480. The third-order valence-electron chi connectivity index (χ3n) is 7.25. The van der Waals surface area contributed by atoms with E-state index in [1.807, 2.05) is 12.1 Å². The minimum atomic E-state index is -4.44. The van der Waals surface area contributed by atoms with Crippen LogP contribution in [-0.2, 0) is 10.5 Å². The fourth-order valence-electron chi connectivity index (χ4n) is 5.89. The maximum atomic E-state index is 14.3. The summed E-state index contributed by atoms with van der Waals surface area (Å²) in [7, 11) is 1.74. The van der Waals surface area contributed by atoms with Crippen molar-refractivity contribution in [2.45, 2.75) is 67.6 Å². The Kier molecular flexibility index (Phi) is 6.76. The topological polar surface area (TPSA) is 71.1 Å². The molecule has 2 heterocycles. The van der Waals surface area contributed by atoms with Crippen molar-refractivity contribution in [3.05, 3.63) is 54.4 Å². The monoisotopic (exact) mass is 507 g/mol. The Hall–Kier alpha value is -2.43. The third kappa shape index (κ3) is 4.15. The predicted octanol–water partition coefficient (Wildman–Crippen LogP) is 5.68. The van der Waals surface area contributed by atoms with E-state index in [4.69, 9.17) is 0 Å². The molecule has 2 atom stereocenters. The number of aromatic nitrogens is 1. The Labute approximate surface area is 207 Å². The fourth-order valence-corrected chi connectivity index (χ4v) is 6.43. The van der Waals surface area contributed by atoms with Crippen LogP contribution in [0.1, 0.15) is 51.5 Å². The zero-order valence-electron chi connectivity index (χ0n) is 20.0. The molecule has 6 nitrogen and oxygen atoms in total. The van der Waals surface area contributed by atoms with Crippen molar-refractivity contribution in [3.8, 4) is 0 Å². The Morgan fingerprint density at radius 1 is 1.03 bits per heavy atom. The van der Waals surface area contributed by atoms with E-state index in [0.717, 1.165) is 37.7 Å². The average Bonchev–Trinajstić information content (AvgIpc) is 3.01. The highest BCUT2D eigenvalue weighted by atomic mass is 32.2. The molecule has 1 saturated carbocycles. The number of rotatable bonds is 6. The average molecular weight is 508 g/mol. The number of benzene rings is 1. The molecule has 1 aromatic heterocycles. The molecule has 2 aromatic rings. The SMILES string of the molecule is CNC(c1ccncc1)(C1CCCCC1)[N+]1(c2ccc(SC(F)(F)F)cc2)C(=O)NC(C)(C)C1=O. The van der Waals surface area contributed by atoms with Gasteiger partial charge in [0.2, 0.25) is 5.66 Å². The number of nitrogens with one attached hydrogen (secondary N) is 2. The smallest absolute Gasteiger partial charge is 0.286 e. The number of halogens is 3. The van der Waals surface area contributed by atoms with Gasteiger partial charge < -0.3 is 0 Å². The maximum absolute atomic E-state index is 14.3. The molecule has 0 bridgehead atoms. The van der Waals surface area contributed by atoms with Gasteiger partial charge in [-0.3, -0.25) is 15.6 Å². The first kappa shape index (κ1) is 25.7. The first-order chi connectivity index (χ1) is 16.5. The predicted molar refractivity (Wildman–Crippen MR) is 129 cm³/mol. The zero-order chi connectivity index (χ0) is 25.5. The van der Waals surface area contributed by atoms with Gasteiger partial charge in [0.25, 0.3) is 0 Å². The molecule has 10 heteroatoms. The number of carbonyl (C=O) groups excluding carboxylic acids is 2. The molecule has 1 aliphatic heterocycles. The lowest BCUT2D eigenvalue weighted by molar-refractivity contribution is -0.138. The van der Waals surface area contributed by atoms with E-state index in [2.05, 4.69) is 15.6 Å². The highest BCUT2D eigenvalue weighted by Crippen LogP contribution is 2.52. The number of pyridine rings is 1. The van der Waals surface area contributed by atoms with E-state index in [9.17, 15) is 22.8 Å². The van der Waals surface area contributed by atoms with Crippen LogP contribution in [0.4, 0.5) is 23.7 Å². The van der Waals surface area contributed by atoms with Crippen LogP contribution in [0.2, 0.25) is 0 Å². The number of carbonyl (C=O) groups is 2. The van der Waals surface area contributed by atoms with Crippen LogP contribution >= 0.6 is 11.8 Å². The number of nitrogens with zero attached hydrogens (tertiary/aromatic N) is 2. The zero-order valence-corrected chi connectivity index (χ0v) is 20.8. The van der Waals surface area contributed by atoms with E-state index in [1.165, 1.54) is 24.3 Å². The normalized spacial score (nSPS) is 24.7. The van der Waals surface area contributed by atoms with Crippen LogP contribution < -0.4 is 15.1 Å². The molecular weight excluding hydrogens is 477 g/mol. The molecule has 2 aliphatic rings.